The van der Waals surface area contributed by atoms with Crippen LogP contribution >= 0.6 is 11.3 Å². The molecule has 2 amide bonds. The maximum Gasteiger partial charge on any atom is 0.323 e. The van der Waals surface area contributed by atoms with Crippen molar-refractivity contribution in [3.05, 3.63) is 71.6 Å². The Hall–Kier alpha value is -2.60. The summed E-state index contributed by atoms with van der Waals surface area (Å²) in [7, 11) is 0. The molecule has 6 heteroatoms. The van der Waals surface area contributed by atoms with Crippen molar-refractivity contribution in [2.45, 2.75) is 12.6 Å². The van der Waals surface area contributed by atoms with E-state index in [2.05, 4.69) is 27.1 Å². The summed E-state index contributed by atoms with van der Waals surface area (Å²) in [6.07, 6.45) is 5.65. The molecular formula is C17H16N4OS. The summed E-state index contributed by atoms with van der Waals surface area (Å²) in [6, 6.07) is 11.7. The van der Waals surface area contributed by atoms with Gasteiger partial charge in [0.15, 0.2) is 0 Å². The van der Waals surface area contributed by atoms with Crippen LogP contribution in [0.1, 0.15) is 17.3 Å². The number of rotatable bonds is 2. The van der Waals surface area contributed by atoms with Gasteiger partial charge < -0.3 is 9.47 Å². The summed E-state index contributed by atoms with van der Waals surface area (Å²) in [5.41, 5.74) is 2.14. The Labute approximate surface area is 138 Å². The van der Waals surface area contributed by atoms with Gasteiger partial charge in [-0.1, -0.05) is 6.07 Å². The van der Waals surface area contributed by atoms with Crippen LogP contribution in [0.25, 0.3) is 0 Å². The van der Waals surface area contributed by atoms with Crippen molar-refractivity contribution in [3.63, 3.8) is 0 Å². The normalized spacial score (nSPS) is 16.9. The number of hydrogen-bond acceptors (Lipinski definition) is 3. The van der Waals surface area contributed by atoms with Gasteiger partial charge in [0.1, 0.15) is 6.04 Å². The number of anilines is 1. The number of urea groups is 1. The van der Waals surface area contributed by atoms with Gasteiger partial charge >= 0.3 is 6.03 Å². The van der Waals surface area contributed by atoms with E-state index in [-0.39, 0.29) is 12.1 Å². The van der Waals surface area contributed by atoms with Gasteiger partial charge in [0.05, 0.1) is 5.00 Å². The first kappa shape index (κ1) is 14.0. The molecule has 0 radical (unpaired) electrons. The van der Waals surface area contributed by atoms with Gasteiger partial charge in [0.2, 0.25) is 0 Å². The standard InChI is InChI=1S/C17H16N4OS/c22-17(19-15-6-3-11-23-15)21-10-9-20-8-2-5-14(20)16(21)13-4-1-7-18-12-13/h1-8,11-12,16H,9-10H2,(H,19,22)/t16-/m1/s1. The number of thiophene rings is 1. The van der Waals surface area contributed by atoms with Gasteiger partial charge in [-0.05, 0) is 41.3 Å². The smallest absolute Gasteiger partial charge is 0.323 e. The molecule has 0 spiro atoms. The van der Waals surface area contributed by atoms with Crippen molar-refractivity contribution in [3.8, 4) is 0 Å². The first-order chi connectivity index (χ1) is 11.3. The van der Waals surface area contributed by atoms with Gasteiger partial charge in [-0.2, -0.15) is 0 Å². The van der Waals surface area contributed by atoms with Crippen molar-refractivity contribution in [2.75, 3.05) is 11.9 Å². The third kappa shape index (κ3) is 2.61. The Balaban J connectivity index is 1.69. The number of nitrogens with zero attached hydrogens (tertiary/aromatic N) is 3. The second-order valence-corrected chi connectivity index (χ2v) is 6.36. The average molecular weight is 324 g/mol. The Morgan fingerprint density at radius 2 is 2.17 bits per heavy atom. The Morgan fingerprint density at radius 3 is 2.96 bits per heavy atom. The van der Waals surface area contributed by atoms with Gasteiger partial charge in [-0.3, -0.25) is 10.3 Å². The van der Waals surface area contributed by atoms with E-state index < -0.39 is 0 Å². The van der Waals surface area contributed by atoms with E-state index in [1.165, 1.54) is 11.3 Å². The quantitative estimate of drug-likeness (QED) is 0.783. The van der Waals surface area contributed by atoms with Crippen LogP contribution in [0.2, 0.25) is 0 Å². The van der Waals surface area contributed by atoms with E-state index in [1.54, 1.807) is 6.20 Å². The number of hydrogen-bond donors (Lipinski definition) is 1. The molecule has 1 aliphatic heterocycles. The van der Waals surface area contributed by atoms with Crippen molar-refractivity contribution >= 4 is 22.4 Å². The first-order valence-electron chi connectivity index (χ1n) is 7.49. The molecule has 0 fully saturated rings. The Kier molecular flexibility index (Phi) is 3.59. The number of carbonyl (C=O) groups is 1. The largest absolute Gasteiger partial charge is 0.348 e. The highest BCUT2D eigenvalue weighted by atomic mass is 32.1. The second kappa shape index (κ2) is 5.89. The molecule has 1 atom stereocenters. The summed E-state index contributed by atoms with van der Waals surface area (Å²) in [5, 5.41) is 5.81. The van der Waals surface area contributed by atoms with Crippen molar-refractivity contribution in [1.29, 1.82) is 0 Å². The zero-order valence-corrected chi connectivity index (χ0v) is 13.2. The summed E-state index contributed by atoms with van der Waals surface area (Å²) < 4.78 is 2.20. The lowest BCUT2D eigenvalue weighted by Gasteiger charge is -2.37. The molecule has 23 heavy (non-hydrogen) atoms. The van der Waals surface area contributed by atoms with Crippen LogP contribution in [-0.4, -0.2) is 27.0 Å². The molecule has 5 nitrogen and oxygen atoms in total. The van der Waals surface area contributed by atoms with Crippen LogP contribution < -0.4 is 5.32 Å². The van der Waals surface area contributed by atoms with Crippen LogP contribution in [-0.2, 0) is 6.54 Å². The lowest BCUT2D eigenvalue weighted by atomic mass is 10.0. The fourth-order valence-electron chi connectivity index (χ4n) is 3.02. The van der Waals surface area contributed by atoms with Crippen molar-refractivity contribution in [2.24, 2.45) is 0 Å². The number of nitrogens with one attached hydrogen (secondary N) is 1. The highest BCUT2D eigenvalue weighted by Crippen LogP contribution is 2.32. The molecule has 0 saturated carbocycles. The molecule has 0 unspecified atom stereocenters. The van der Waals surface area contributed by atoms with Gasteiger partial charge in [0, 0.05) is 37.4 Å². The maximum atomic E-state index is 12.8. The number of aromatic nitrogens is 2. The topological polar surface area (TPSA) is 50.2 Å². The van der Waals surface area contributed by atoms with Crippen LogP contribution in [0.5, 0.6) is 0 Å². The molecule has 0 aromatic carbocycles. The fraction of sp³-hybridized carbons (Fsp3) is 0.176. The van der Waals surface area contributed by atoms with Crippen molar-refractivity contribution < 1.29 is 4.79 Å². The molecule has 4 heterocycles. The summed E-state index contributed by atoms with van der Waals surface area (Å²) in [4.78, 5) is 18.9. The number of fused-ring (bicyclic) bond motifs is 1. The minimum Gasteiger partial charge on any atom is -0.348 e. The predicted octanol–water partition coefficient (Wildman–Crippen LogP) is 3.58. The van der Waals surface area contributed by atoms with Crippen LogP contribution in [0.15, 0.2) is 60.4 Å². The van der Waals surface area contributed by atoms with Gasteiger partial charge in [-0.25, -0.2) is 4.79 Å². The average Bonchev–Trinajstić information content (AvgIpc) is 3.25. The van der Waals surface area contributed by atoms with Gasteiger partial charge in [-0.15, -0.1) is 11.3 Å². The Bertz CT molecular complexity index is 797. The molecule has 4 rings (SSSR count). The third-order valence-electron chi connectivity index (χ3n) is 4.05. The molecule has 0 aliphatic carbocycles. The lowest BCUT2D eigenvalue weighted by Crippen LogP contribution is -2.44. The zero-order valence-electron chi connectivity index (χ0n) is 12.4. The van der Waals surface area contributed by atoms with E-state index in [9.17, 15) is 4.79 Å². The van der Waals surface area contributed by atoms with Crippen LogP contribution in [0.4, 0.5) is 9.80 Å². The zero-order chi connectivity index (χ0) is 15.6. The fourth-order valence-corrected chi connectivity index (χ4v) is 3.62. The molecule has 1 aliphatic rings. The third-order valence-corrected chi connectivity index (χ3v) is 4.84. The minimum absolute atomic E-state index is 0.0752. The summed E-state index contributed by atoms with van der Waals surface area (Å²) in [6.45, 7) is 1.47. The molecule has 3 aromatic heterocycles. The SMILES string of the molecule is O=C(Nc1cccs1)N1CCn2cccc2[C@H]1c1cccnc1. The maximum absolute atomic E-state index is 12.8. The van der Waals surface area contributed by atoms with Crippen molar-refractivity contribution in [1.82, 2.24) is 14.5 Å². The van der Waals surface area contributed by atoms with Gasteiger partial charge in [0.25, 0.3) is 0 Å². The predicted molar refractivity (Wildman–Crippen MR) is 90.6 cm³/mol. The molecule has 3 aromatic rings. The number of amides is 2. The number of pyridine rings is 1. The number of carbonyl (C=O) groups excluding carboxylic acids is 1. The highest BCUT2D eigenvalue weighted by Gasteiger charge is 2.32. The molecule has 116 valence electrons. The highest BCUT2D eigenvalue weighted by molar-refractivity contribution is 7.14. The van der Waals surface area contributed by atoms with E-state index in [0.717, 1.165) is 22.8 Å². The molecule has 1 N–H and O–H groups in total. The van der Waals surface area contributed by atoms with E-state index in [0.29, 0.717) is 6.54 Å². The summed E-state index contributed by atoms with van der Waals surface area (Å²) in [5.74, 6) is 0. The Morgan fingerprint density at radius 1 is 1.22 bits per heavy atom. The summed E-state index contributed by atoms with van der Waals surface area (Å²) >= 11 is 1.52. The molecule has 0 saturated heterocycles. The van der Waals surface area contributed by atoms with E-state index in [4.69, 9.17) is 0 Å². The molecule has 0 bridgehead atoms. The van der Waals surface area contributed by atoms with E-state index in [1.807, 2.05) is 46.8 Å². The minimum atomic E-state index is -0.118. The molecular weight excluding hydrogens is 308 g/mol. The van der Waals surface area contributed by atoms with E-state index >= 15 is 0 Å². The van der Waals surface area contributed by atoms with Crippen LogP contribution in [0, 0.1) is 0 Å². The second-order valence-electron chi connectivity index (χ2n) is 5.42. The lowest BCUT2D eigenvalue weighted by molar-refractivity contribution is 0.182. The first-order valence-corrected chi connectivity index (χ1v) is 8.37. The monoisotopic (exact) mass is 324 g/mol. The van der Waals surface area contributed by atoms with Crippen LogP contribution in [0.3, 0.4) is 0 Å².